The summed E-state index contributed by atoms with van der Waals surface area (Å²) in [5, 5.41) is 28.8. The lowest BCUT2D eigenvalue weighted by Gasteiger charge is -2.08. The number of benzene rings is 2. The van der Waals surface area contributed by atoms with Gasteiger partial charge in [-0.05, 0) is 47.5 Å². The summed E-state index contributed by atoms with van der Waals surface area (Å²) in [5.41, 5.74) is 1.67. The number of hydrogen-bond acceptors (Lipinski definition) is 4. The lowest BCUT2D eigenvalue weighted by Crippen LogP contribution is -1.97. The molecule has 22 heavy (non-hydrogen) atoms. The van der Waals surface area contributed by atoms with E-state index in [9.17, 15) is 15.3 Å². The van der Waals surface area contributed by atoms with Crippen LogP contribution in [0.3, 0.4) is 0 Å². The average molecular weight is 296 g/mol. The molecule has 0 saturated heterocycles. The summed E-state index contributed by atoms with van der Waals surface area (Å²) in [6, 6.07) is 16.8. The highest BCUT2D eigenvalue weighted by Crippen LogP contribution is 2.26. The standard InChI is InChI=1S/C18H16O4/c19-14-5-1-12(2-6-14)11-16-9-10-17(22-16)18(21)13-3-7-15(20)8-4-13/h1-10,18-21H,11H2. The van der Waals surface area contributed by atoms with Gasteiger partial charge in [-0.2, -0.15) is 0 Å². The minimum atomic E-state index is -0.867. The van der Waals surface area contributed by atoms with E-state index in [4.69, 9.17) is 4.42 Å². The van der Waals surface area contributed by atoms with E-state index in [2.05, 4.69) is 0 Å². The number of phenolic OH excluding ortho intramolecular Hbond substituents is 2. The molecule has 1 unspecified atom stereocenters. The van der Waals surface area contributed by atoms with Gasteiger partial charge in [-0.25, -0.2) is 0 Å². The minimum absolute atomic E-state index is 0.156. The zero-order valence-electron chi connectivity index (χ0n) is 11.8. The van der Waals surface area contributed by atoms with Crippen molar-refractivity contribution in [3.63, 3.8) is 0 Å². The Morgan fingerprint density at radius 2 is 1.36 bits per heavy atom. The summed E-state index contributed by atoms with van der Waals surface area (Å²) in [6.45, 7) is 0. The fraction of sp³-hybridized carbons (Fsp3) is 0.111. The van der Waals surface area contributed by atoms with Gasteiger partial charge in [-0.3, -0.25) is 0 Å². The Morgan fingerprint density at radius 3 is 2.00 bits per heavy atom. The van der Waals surface area contributed by atoms with Crippen molar-refractivity contribution in [3.05, 3.63) is 83.3 Å². The Kier molecular flexibility index (Phi) is 3.85. The molecule has 4 heteroatoms. The van der Waals surface area contributed by atoms with Gasteiger partial charge >= 0.3 is 0 Å². The molecule has 3 aromatic rings. The van der Waals surface area contributed by atoms with Crippen LogP contribution in [0.4, 0.5) is 0 Å². The van der Waals surface area contributed by atoms with Gasteiger partial charge < -0.3 is 19.7 Å². The zero-order valence-corrected chi connectivity index (χ0v) is 11.8. The molecule has 112 valence electrons. The van der Waals surface area contributed by atoms with E-state index in [-0.39, 0.29) is 11.5 Å². The van der Waals surface area contributed by atoms with E-state index >= 15 is 0 Å². The van der Waals surface area contributed by atoms with Gasteiger partial charge in [-0.1, -0.05) is 24.3 Å². The van der Waals surface area contributed by atoms with E-state index in [1.165, 1.54) is 12.1 Å². The molecule has 0 fully saturated rings. The Bertz CT molecular complexity index is 742. The van der Waals surface area contributed by atoms with Crippen molar-refractivity contribution in [2.24, 2.45) is 0 Å². The van der Waals surface area contributed by atoms with Crippen LogP contribution < -0.4 is 0 Å². The molecule has 0 aliphatic carbocycles. The maximum Gasteiger partial charge on any atom is 0.137 e. The topological polar surface area (TPSA) is 73.8 Å². The van der Waals surface area contributed by atoms with Crippen molar-refractivity contribution in [1.29, 1.82) is 0 Å². The monoisotopic (exact) mass is 296 g/mol. The quantitative estimate of drug-likeness (QED) is 0.690. The molecule has 0 aliphatic heterocycles. The summed E-state index contributed by atoms with van der Waals surface area (Å²) in [6.07, 6.45) is -0.281. The first-order chi connectivity index (χ1) is 10.6. The number of rotatable bonds is 4. The highest BCUT2D eigenvalue weighted by molar-refractivity contribution is 5.32. The molecular weight excluding hydrogens is 280 g/mol. The molecule has 0 bridgehead atoms. The van der Waals surface area contributed by atoms with E-state index in [1.54, 1.807) is 30.3 Å². The highest BCUT2D eigenvalue weighted by atomic mass is 16.4. The summed E-state index contributed by atoms with van der Waals surface area (Å²) in [7, 11) is 0. The van der Waals surface area contributed by atoms with E-state index in [1.807, 2.05) is 18.2 Å². The van der Waals surface area contributed by atoms with Gasteiger partial charge in [0.05, 0.1) is 0 Å². The number of aliphatic hydroxyl groups excluding tert-OH is 1. The highest BCUT2D eigenvalue weighted by Gasteiger charge is 2.15. The fourth-order valence-electron chi connectivity index (χ4n) is 2.27. The van der Waals surface area contributed by atoms with Crippen molar-refractivity contribution in [1.82, 2.24) is 0 Å². The van der Waals surface area contributed by atoms with Gasteiger partial charge in [-0.15, -0.1) is 0 Å². The third-order valence-electron chi connectivity index (χ3n) is 3.48. The van der Waals surface area contributed by atoms with E-state index in [0.29, 0.717) is 17.7 Å². The molecule has 0 aliphatic rings. The molecule has 3 N–H and O–H groups in total. The second-order valence-corrected chi connectivity index (χ2v) is 5.14. The van der Waals surface area contributed by atoms with E-state index in [0.717, 1.165) is 11.3 Å². The first-order valence-corrected chi connectivity index (χ1v) is 6.95. The van der Waals surface area contributed by atoms with Crippen molar-refractivity contribution in [2.75, 3.05) is 0 Å². The number of furan rings is 1. The van der Waals surface area contributed by atoms with Crippen LogP contribution in [0, 0.1) is 0 Å². The fourth-order valence-corrected chi connectivity index (χ4v) is 2.27. The van der Waals surface area contributed by atoms with Crippen LogP contribution in [0.25, 0.3) is 0 Å². The molecule has 0 radical (unpaired) electrons. The predicted molar refractivity (Wildman–Crippen MR) is 81.8 cm³/mol. The molecule has 3 rings (SSSR count). The van der Waals surface area contributed by atoms with Crippen molar-refractivity contribution >= 4 is 0 Å². The largest absolute Gasteiger partial charge is 0.508 e. The van der Waals surface area contributed by atoms with Crippen molar-refractivity contribution in [2.45, 2.75) is 12.5 Å². The second kappa shape index (κ2) is 5.95. The lowest BCUT2D eigenvalue weighted by molar-refractivity contribution is 0.187. The van der Waals surface area contributed by atoms with Crippen LogP contribution in [0.15, 0.2) is 65.1 Å². The SMILES string of the molecule is Oc1ccc(Cc2ccc(C(O)c3ccc(O)cc3)o2)cc1. The molecule has 1 heterocycles. The summed E-state index contributed by atoms with van der Waals surface area (Å²) in [5.74, 6) is 1.58. The van der Waals surface area contributed by atoms with Gasteiger partial charge in [0.1, 0.15) is 29.1 Å². The number of aromatic hydroxyl groups is 2. The predicted octanol–water partition coefficient (Wildman–Crippen LogP) is 3.36. The number of aliphatic hydroxyl groups is 1. The van der Waals surface area contributed by atoms with Crippen molar-refractivity contribution in [3.8, 4) is 11.5 Å². The van der Waals surface area contributed by atoms with Crippen LogP contribution in [0.1, 0.15) is 28.8 Å². The van der Waals surface area contributed by atoms with Crippen LogP contribution in [0.5, 0.6) is 11.5 Å². The Hall–Kier alpha value is -2.72. The first kappa shape index (κ1) is 14.2. The van der Waals surface area contributed by atoms with Crippen LogP contribution in [-0.4, -0.2) is 15.3 Å². The van der Waals surface area contributed by atoms with E-state index < -0.39 is 6.10 Å². The first-order valence-electron chi connectivity index (χ1n) is 6.95. The van der Waals surface area contributed by atoms with Crippen molar-refractivity contribution < 1.29 is 19.7 Å². The average Bonchev–Trinajstić information content (AvgIpc) is 2.98. The summed E-state index contributed by atoms with van der Waals surface area (Å²) >= 11 is 0. The van der Waals surface area contributed by atoms with Crippen LogP contribution in [0.2, 0.25) is 0 Å². The number of hydrogen-bond donors (Lipinski definition) is 3. The zero-order chi connectivity index (χ0) is 15.5. The minimum Gasteiger partial charge on any atom is -0.508 e. The maximum atomic E-state index is 10.3. The third-order valence-corrected chi connectivity index (χ3v) is 3.48. The third kappa shape index (κ3) is 3.13. The Morgan fingerprint density at radius 1 is 0.773 bits per heavy atom. The van der Waals surface area contributed by atoms with Crippen LogP contribution in [-0.2, 0) is 6.42 Å². The smallest absolute Gasteiger partial charge is 0.137 e. The number of phenols is 2. The molecule has 0 spiro atoms. The maximum absolute atomic E-state index is 10.3. The second-order valence-electron chi connectivity index (χ2n) is 5.14. The Balaban J connectivity index is 1.75. The van der Waals surface area contributed by atoms with Gasteiger partial charge in [0.25, 0.3) is 0 Å². The van der Waals surface area contributed by atoms with Gasteiger partial charge in [0.15, 0.2) is 0 Å². The molecule has 0 amide bonds. The molecule has 2 aromatic carbocycles. The molecular formula is C18H16O4. The summed E-state index contributed by atoms with van der Waals surface area (Å²) < 4.78 is 5.69. The summed E-state index contributed by atoms with van der Waals surface area (Å²) in [4.78, 5) is 0. The van der Waals surface area contributed by atoms with Gasteiger partial charge in [0, 0.05) is 6.42 Å². The lowest BCUT2D eigenvalue weighted by atomic mass is 10.1. The normalized spacial score (nSPS) is 12.2. The Labute approximate surface area is 127 Å². The molecule has 4 nitrogen and oxygen atoms in total. The molecule has 1 aromatic heterocycles. The van der Waals surface area contributed by atoms with Gasteiger partial charge in [0.2, 0.25) is 0 Å². The molecule has 1 atom stereocenters. The molecule has 0 saturated carbocycles. The van der Waals surface area contributed by atoms with Crippen LogP contribution >= 0.6 is 0 Å².